The second-order valence-corrected chi connectivity index (χ2v) is 8.37. The summed E-state index contributed by atoms with van der Waals surface area (Å²) >= 11 is 0. The molecule has 154 valence electrons. The Morgan fingerprint density at radius 3 is 2.45 bits per heavy atom. The van der Waals surface area contributed by atoms with Crippen LogP contribution < -0.4 is 20.7 Å². The number of nitrogens with two attached hydrogens (primary N) is 1. The van der Waals surface area contributed by atoms with Gasteiger partial charge in [0.15, 0.2) is 6.61 Å². The number of nitrogens with one attached hydrogen (secondary N) is 1. The minimum absolute atomic E-state index is 0.0915. The first-order valence-electron chi connectivity index (χ1n) is 9.96. The minimum Gasteiger partial charge on any atom is -0.483 e. The summed E-state index contributed by atoms with van der Waals surface area (Å²) in [7, 11) is 0. The number of hydrogen-bond donors (Lipinski definition) is 2. The monoisotopic (exact) mass is 395 g/mol. The Hall–Kier alpha value is -3.02. The van der Waals surface area contributed by atoms with Gasteiger partial charge in [0.25, 0.3) is 5.91 Å². The number of nitrogens with zero attached hydrogens (tertiary/aromatic N) is 1. The summed E-state index contributed by atoms with van der Waals surface area (Å²) in [5.74, 6) is -0.111. The highest BCUT2D eigenvalue weighted by Gasteiger charge is 2.21. The lowest BCUT2D eigenvalue weighted by Crippen LogP contribution is -2.25. The number of anilines is 2. The van der Waals surface area contributed by atoms with Crippen LogP contribution >= 0.6 is 0 Å². The van der Waals surface area contributed by atoms with Crippen molar-refractivity contribution in [3.05, 3.63) is 53.6 Å². The van der Waals surface area contributed by atoms with Gasteiger partial charge in [-0.25, -0.2) is 0 Å². The molecule has 3 N–H and O–H groups in total. The fourth-order valence-corrected chi connectivity index (χ4v) is 3.56. The molecule has 6 heteroatoms. The van der Waals surface area contributed by atoms with E-state index in [2.05, 4.69) is 31.0 Å². The predicted molar refractivity (Wildman–Crippen MR) is 116 cm³/mol. The molecule has 1 aliphatic rings. The van der Waals surface area contributed by atoms with Crippen molar-refractivity contribution in [1.82, 2.24) is 0 Å². The van der Waals surface area contributed by atoms with Crippen LogP contribution in [0.4, 0.5) is 11.4 Å². The molecule has 0 unspecified atom stereocenters. The van der Waals surface area contributed by atoms with Gasteiger partial charge in [0.2, 0.25) is 5.91 Å². The van der Waals surface area contributed by atoms with Crippen LogP contribution in [0, 0.1) is 0 Å². The molecule has 1 saturated heterocycles. The zero-order valence-electron chi connectivity index (χ0n) is 17.3. The average molecular weight is 396 g/mol. The van der Waals surface area contributed by atoms with Crippen molar-refractivity contribution in [1.29, 1.82) is 0 Å². The van der Waals surface area contributed by atoms with E-state index in [1.165, 1.54) is 0 Å². The second-order valence-electron chi connectivity index (χ2n) is 8.37. The van der Waals surface area contributed by atoms with E-state index in [9.17, 15) is 9.59 Å². The van der Waals surface area contributed by atoms with Crippen molar-refractivity contribution >= 4 is 23.2 Å². The SMILES string of the molecule is CC(C)(C)c1ccccc1OCC(=O)Nc1cc(C(N)=O)ccc1N1CCCC1. The number of primary amides is 1. The van der Waals surface area contributed by atoms with Crippen LogP contribution in [0.2, 0.25) is 0 Å². The Morgan fingerprint density at radius 2 is 1.79 bits per heavy atom. The maximum absolute atomic E-state index is 12.6. The zero-order valence-corrected chi connectivity index (χ0v) is 17.3. The third-order valence-electron chi connectivity index (χ3n) is 5.06. The quantitative estimate of drug-likeness (QED) is 0.781. The van der Waals surface area contributed by atoms with E-state index in [0.717, 1.165) is 37.2 Å². The highest BCUT2D eigenvalue weighted by Crippen LogP contribution is 2.32. The van der Waals surface area contributed by atoms with Crippen LogP contribution in [-0.2, 0) is 10.2 Å². The summed E-state index contributed by atoms with van der Waals surface area (Å²) in [6, 6.07) is 12.9. The first kappa shape index (κ1) is 20.7. The van der Waals surface area contributed by atoms with Gasteiger partial charge < -0.3 is 20.7 Å². The molecule has 1 fully saturated rings. The Kier molecular flexibility index (Phi) is 6.11. The van der Waals surface area contributed by atoms with Crippen LogP contribution in [0.3, 0.4) is 0 Å². The van der Waals surface area contributed by atoms with Gasteiger partial charge in [0.05, 0.1) is 11.4 Å². The molecule has 0 saturated carbocycles. The summed E-state index contributed by atoms with van der Waals surface area (Å²) in [4.78, 5) is 26.4. The molecular formula is C23H29N3O3. The largest absolute Gasteiger partial charge is 0.483 e. The molecule has 2 aromatic carbocycles. The topological polar surface area (TPSA) is 84.7 Å². The summed E-state index contributed by atoms with van der Waals surface area (Å²) in [5.41, 5.74) is 8.22. The summed E-state index contributed by atoms with van der Waals surface area (Å²) < 4.78 is 5.82. The molecule has 2 amide bonds. The van der Waals surface area contributed by atoms with Crippen LogP contribution in [0.5, 0.6) is 5.75 Å². The van der Waals surface area contributed by atoms with Crippen molar-refractivity contribution in [2.45, 2.75) is 39.0 Å². The molecule has 0 spiro atoms. The molecule has 0 radical (unpaired) electrons. The number of carbonyl (C=O) groups excluding carboxylic acids is 2. The van der Waals surface area contributed by atoms with Gasteiger partial charge in [0, 0.05) is 18.7 Å². The number of benzene rings is 2. The number of rotatable bonds is 6. The van der Waals surface area contributed by atoms with Crippen molar-refractivity contribution < 1.29 is 14.3 Å². The Bertz CT molecular complexity index is 896. The molecule has 29 heavy (non-hydrogen) atoms. The van der Waals surface area contributed by atoms with E-state index >= 15 is 0 Å². The van der Waals surface area contributed by atoms with Gasteiger partial charge in [-0.05, 0) is 48.1 Å². The van der Waals surface area contributed by atoms with Crippen molar-refractivity contribution in [2.75, 3.05) is 29.9 Å². The Labute approximate surface area is 172 Å². The first-order chi connectivity index (χ1) is 13.8. The highest BCUT2D eigenvalue weighted by atomic mass is 16.5. The van der Waals surface area contributed by atoms with E-state index < -0.39 is 5.91 Å². The summed E-state index contributed by atoms with van der Waals surface area (Å²) in [6.07, 6.45) is 2.22. The van der Waals surface area contributed by atoms with Crippen LogP contribution in [0.25, 0.3) is 0 Å². The first-order valence-corrected chi connectivity index (χ1v) is 9.96. The lowest BCUT2D eigenvalue weighted by atomic mass is 9.86. The standard InChI is InChI=1S/C23H29N3O3/c1-23(2,3)17-8-4-5-9-20(17)29-15-21(27)25-18-14-16(22(24)28)10-11-19(18)26-12-6-7-13-26/h4-5,8-11,14H,6-7,12-13,15H2,1-3H3,(H2,24,28)(H,25,27). The molecule has 0 bridgehead atoms. The van der Waals surface area contributed by atoms with Gasteiger partial charge in [-0.1, -0.05) is 39.0 Å². The third kappa shape index (κ3) is 5.08. The lowest BCUT2D eigenvalue weighted by molar-refractivity contribution is -0.118. The summed E-state index contributed by atoms with van der Waals surface area (Å²) in [6.45, 7) is 8.04. The number of hydrogen-bond acceptors (Lipinski definition) is 4. The van der Waals surface area contributed by atoms with Crippen molar-refractivity contribution in [3.63, 3.8) is 0 Å². The van der Waals surface area contributed by atoms with Gasteiger partial charge in [0.1, 0.15) is 5.75 Å². The molecule has 6 nitrogen and oxygen atoms in total. The van der Waals surface area contributed by atoms with Crippen LogP contribution in [0.1, 0.15) is 49.5 Å². The van der Waals surface area contributed by atoms with E-state index in [0.29, 0.717) is 17.0 Å². The second kappa shape index (κ2) is 8.55. The molecular weight excluding hydrogens is 366 g/mol. The van der Waals surface area contributed by atoms with Crippen LogP contribution in [0.15, 0.2) is 42.5 Å². The number of ether oxygens (including phenoxy) is 1. The molecule has 0 aromatic heterocycles. The van der Waals surface area contributed by atoms with Gasteiger partial charge in [-0.2, -0.15) is 0 Å². The number of para-hydroxylation sites is 1. The van der Waals surface area contributed by atoms with E-state index in [4.69, 9.17) is 10.5 Å². The third-order valence-corrected chi connectivity index (χ3v) is 5.06. The average Bonchev–Trinajstić information content (AvgIpc) is 3.20. The van der Waals surface area contributed by atoms with Gasteiger partial charge in [-0.15, -0.1) is 0 Å². The molecule has 0 atom stereocenters. The smallest absolute Gasteiger partial charge is 0.262 e. The zero-order chi connectivity index (χ0) is 21.0. The molecule has 1 heterocycles. The van der Waals surface area contributed by atoms with E-state index in [1.54, 1.807) is 12.1 Å². The molecule has 2 aromatic rings. The number of carbonyl (C=O) groups is 2. The van der Waals surface area contributed by atoms with Crippen molar-refractivity contribution in [2.24, 2.45) is 5.73 Å². The van der Waals surface area contributed by atoms with Gasteiger partial charge >= 0.3 is 0 Å². The van der Waals surface area contributed by atoms with E-state index in [1.807, 2.05) is 30.3 Å². The Balaban J connectivity index is 1.75. The summed E-state index contributed by atoms with van der Waals surface area (Å²) in [5, 5.41) is 2.90. The highest BCUT2D eigenvalue weighted by molar-refractivity contribution is 5.99. The van der Waals surface area contributed by atoms with Crippen LogP contribution in [-0.4, -0.2) is 31.5 Å². The van der Waals surface area contributed by atoms with Gasteiger partial charge in [-0.3, -0.25) is 9.59 Å². The van der Waals surface area contributed by atoms with E-state index in [-0.39, 0.29) is 17.9 Å². The molecule has 3 rings (SSSR count). The minimum atomic E-state index is -0.524. The van der Waals surface area contributed by atoms with Crippen molar-refractivity contribution in [3.8, 4) is 5.75 Å². The molecule has 1 aliphatic heterocycles. The lowest BCUT2D eigenvalue weighted by Gasteiger charge is -2.23. The fourth-order valence-electron chi connectivity index (χ4n) is 3.56. The predicted octanol–water partition coefficient (Wildman–Crippen LogP) is 3.70. The number of amides is 2. The maximum atomic E-state index is 12.6. The normalized spacial score (nSPS) is 14.0. The molecule has 0 aliphatic carbocycles. The maximum Gasteiger partial charge on any atom is 0.262 e. The fraction of sp³-hybridized carbons (Fsp3) is 0.391. The Morgan fingerprint density at radius 1 is 1.10 bits per heavy atom.